The Hall–Kier alpha value is -1.79. The van der Waals surface area contributed by atoms with Crippen molar-refractivity contribution in [3.05, 3.63) is 0 Å². The zero-order valence-corrected chi connectivity index (χ0v) is 13.7. The molecule has 0 saturated carbocycles. The first-order valence-corrected chi connectivity index (χ1v) is 6.67. The molecule has 122 valence electrons. The predicted molar refractivity (Wildman–Crippen MR) is 75.9 cm³/mol. The quantitative estimate of drug-likeness (QED) is 0.799. The number of ether oxygens (including phenoxy) is 2. The molecule has 21 heavy (non-hydrogen) atoms. The number of carbonyl (C=O) groups excluding carboxylic acids is 2. The third-order valence-corrected chi connectivity index (χ3v) is 2.17. The minimum atomic E-state index is -1.23. The second-order valence-corrected chi connectivity index (χ2v) is 6.71. The van der Waals surface area contributed by atoms with Crippen LogP contribution in [0.1, 0.15) is 48.5 Å². The van der Waals surface area contributed by atoms with E-state index in [4.69, 9.17) is 14.6 Å². The summed E-state index contributed by atoms with van der Waals surface area (Å²) in [7, 11) is 0. The molecular weight excluding hydrogens is 278 g/mol. The first kappa shape index (κ1) is 19.2. The Morgan fingerprint density at radius 1 is 1.00 bits per heavy atom. The topological polar surface area (TPSA) is 93.1 Å². The summed E-state index contributed by atoms with van der Waals surface area (Å²) < 4.78 is 10.2. The number of carbonyl (C=O) groups is 3. The lowest BCUT2D eigenvalue weighted by molar-refractivity contribution is -0.157. The molecular formula is C14H25NO6. The standard InChI is InChI=1S/C14H25NO6/c1-9(11(17)18)15(12(19)21-14(5,6)7)8-10(16)20-13(2,3)4/h9H,8H2,1-7H3,(H,17,18). The molecule has 1 atom stereocenters. The van der Waals surface area contributed by atoms with Crippen LogP contribution in [-0.2, 0) is 19.1 Å². The molecule has 0 aromatic heterocycles. The highest BCUT2D eigenvalue weighted by Gasteiger charge is 2.32. The second kappa shape index (κ2) is 6.78. The average molecular weight is 303 g/mol. The molecule has 0 aliphatic carbocycles. The Morgan fingerprint density at radius 3 is 1.76 bits per heavy atom. The van der Waals surface area contributed by atoms with Gasteiger partial charge in [0, 0.05) is 0 Å². The van der Waals surface area contributed by atoms with Gasteiger partial charge in [-0.05, 0) is 48.5 Å². The first-order valence-electron chi connectivity index (χ1n) is 6.67. The van der Waals surface area contributed by atoms with Crippen LogP contribution >= 0.6 is 0 Å². The van der Waals surface area contributed by atoms with Crippen LogP contribution in [0.5, 0.6) is 0 Å². The van der Waals surface area contributed by atoms with Crippen molar-refractivity contribution in [2.24, 2.45) is 0 Å². The zero-order valence-electron chi connectivity index (χ0n) is 13.7. The molecule has 0 bridgehead atoms. The van der Waals surface area contributed by atoms with E-state index in [0.717, 1.165) is 4.90 Å². The summed E-state index contributed by atoms with van der Waals surface area (Å²) in [6.45, 7) is 10.8. The molecule has 0 spiro atoms. The Labute approximate surface area is 125 Å². The summed E-state index contributed by atoms with van der Waals surface area (Å²) in [5.41, 5.74) is -1.51. The highest BCUT2D eigenvalue weighted by molar-refractivity contribution is 5.84. The van der Waals surface area contributed by atoms with E-state index in [0.29, 0.717) is 0 Å². The average Bonchev–Trinajstić information content (AvgIpc) is 2.19. The van der Waals surface area contributed by atoms with Gasteiger partial charge in [0.25, 0.3) is 0 Å². The lowest BCUT2D eigenvalue weighted by Crippen LogP contribution is -2.49. The number of hydrogen-bond donors (Lipinski definition) is 1. The van der Waals surface area contributed by atoms with E-state index < -0.39 is 41.8 Å². The largest absolute Gasteiger partial charge is 0.480 e. The minimum absolute atomic E-state index is 0.486. The van der Waals surface area contributed by atoms with E-state index in [1.807, 2.05) is 0 Å². The van der Waals surface area contributed by atoms with Crippen molar-refractivity contribution in [1.29, 1.82) is 0 Å². The summed E-state index contributed by atoms with van der Waals surface area (Å²) in [4.78, 5) is 35.8. The van der Waals surface area contributed by atoms with Gasteiger partial charge in [-0.25, -0.2) is 9.59 Å². The molecule has 1 N–H and O–H groups in total. The van der Waals surface area contributed by atoms with Crippen LogP contribution in [0.3, 0.4) is 0 Å². The number of hydrogen-bond acceptors (Lipinski definition) is 5. The van der Waals surface area contributed by atoms with Crippen LogP contribution in [0, 0.1) is 0 Å². The molecule has 0 aliphatic rings. The smallest absolute Gasteiger partial charge is 0.411 e. The Morgan fingerprint density at radius 2 is 1.43 bits per heavy atom. The lowest BCUT2D eigenvalue weighted by Gasteiger charge is -2.30. The molecule has 7 heteroatoms. The van der Waals surface area contributed by atoms with Gasteiger partial charge in [0.15, 0.2) is 0 Å². The maximum absolute atomic E-state index is 12.0. The van der Waals surface area contributed by atoms with Crippen LogP contribution in [0.25, 0.3) is 0 Å². The summed E-state index contributed by atoms with van der Waals surface area (Å²) >= 11 is 0. The van der Waals surface area contributed by atoms with E-state index >= 15 is 0 Å². The van der Waals surface area contributed by atoms with Gasteiger partial charge in [-0.15, -0.1) is 0 Å². The molecule has 0 rings (SSSR count). The summed E-state index contributed by atoms with van der Waals surface area (Å²) in [6.07, 6.45) is -0.872. The molecule has 0 fully saturated rings. The van der Waals surface area contributed by atoms with Crippen molar-refractivity contribution >= 4 is 18.0 Å². The van der Waals surface area contributed by atoms with Gasteiger partial charge >= 0.3 is 18.0 Å². The number of amides is 1. The van der Waals surface area contributed by atoms with Gasteiger partial charge < -0.3 is 14.6 Å². The Bertz CT molecular complexity index is 405. The van der Waals surface area contributed by atoms with Crippen molar-refractivity contribution in [2.75, 3.05) is 6.54 Å². The first-order chi connectivity index (χ1) is 9.23. The minimum Gasteiger partial charge on any atom is -0.480 e. The molecule has 7 nitrogen and oxygen atoms in total. The van der Waals surface area contributed by atoms with Gasteiger partial charge in [0.1, 0.15) is 23.8 Å². The Balaban J connectivity index is 5.04. The number of nitrogens with zero attached hydrogens (tertiary/aromatic N) is 1. The van der Waals surface area contributed by atoms with Gasteiger partial charge in [-0.2, -0.15) is 0 Å². The summed E-state index contributed by atoms with van der Waals surface area (Å²) in [5.74, 6) is -1.93. The van der Waals surface area contributed by atoms with Crippen LogP contribution < -0.4 is 0 Å². The zero-order chi connectivity index (χ0) is 17.0. The van der Waals surface area contributed by atoms with Crippen LogP contribution in [-0.4, -0.2) is 51.8 Å². The normalized spacial score (nSPS) is 13.3. The van der Waals surface area contributed by atoms with E-state index in [2.05, 4.69) is 0 Å². The van der Waals surface area contributed by atoms with E-state index in [-0.39, 0.29) is 0 Å². The number of carboxylic acids is 1. The van der Waals surface area contributed by atoms with Crippen molar-refractivity contribution in [2.45, 2.75) is 65.7 Å². The fourth-order valence-corrected chi connectivity index (χ4v) is 1.33. The number of carboxylic acid groups (broad SMARTS) is 1. The number of rotatable bonds is 4. The number of esters is 1. The molecule has 0 aliphatic heterocycles. The lowest BCUT2D eigenvalue weighted by atomic mass is 10.2. The molecule has 1 amide bonds. The van der Waals surface area contributed by atoms with Crippen molar-refractivity contribution < 1.29 is 29.0 Å². The highest BCUT2D eigenvalue weighted by atomic mass is 16.6. The maximum Gasteiger partial charge on any atom is 0.411 e. The SMILES string of the molecule is CC(C(=O)O)N(CC(=O)OC(C)(C)C)C(=O)OC(C)(C)C. The van der Waals surface area contributed by atoms with Crippen molar-refractivity contribution in [1.82, 2.24) is 4.90 Å². The van der Waals surface area contributed by atoms with Crippen LogP contribution in [0.2, 0.25) is 0 Å². The summed E-state index contributed by atoms with van der Waals surface area (Å²) in [5, 5.41) is 9.04. The van der Waals surface area contributed by atoms with Crippen molar-refractivity contribution in [3.63, 3.8) is 0 Å². The van der Waals surface area contributed by atoms with Gasteiger partial charge in [-0.3, -0.25) is 9.69 Å². The molecule has 0 heterocycles. The molecule has 1 unspecified atom stereocenters. The monoisotopic (exact) mass is 303 g/mol. The second-order valence-electron chi connectivity index (χ2n) is 6.71. The molecule has 0 radical (unpaired) electrons. The predicted octanol–water partition coefficient (Wildman–Crippen LogP) is 2.04. The van der Waals surface area contributed by atoms with Crippen molar-refractivity contribution in [3.8, 4) is 0 Å². The van der Waals surface area contributed by atoms with Crippen LogP contribution in [0.4, 0.5) is 4.79 Å². The molecule has 0 saturated heterocycles. The van der Waals surface area contributed by atoms with Gasteiger partial charge in [0.2, 0.25) is 0 Å². The fourth-order valence-electron chi connectivity index (χ4n) is 1.33. The Kier molecular flexibility index (Phi) is 6.20. The third kappa shape index (κ3) is 8.16. The third-order valence-electron chi connectivity index (χ3n) is 2.17. The fraction of sp³-hybridized carbons (Fsp3) is 0.786. The maximum atomic E-state index is 12.0. The van der Waals surface area contributed by atoms with E-state index in [1.165, 1.54) is 6.92 Å². The molecule has 0 aromatic rings. The molecule has 0 aromatic carbocycles. The van der Waals surface area contributed by atoms with Crippen LogP contribution in [0.15, 0.2) is 0 Å². The van der Waals surface area contributed by atoms with E-state index in [9.17, 15) is 14.4 Å². The highest BCUT2D eigenvalue weighted by Crippen LogP contribution is 2.14. The van der Waals surface area contributed by atoms with E-state index in [1.54, 1.807) is 41.5 Å². The van der Waals surface area contributed by atoms with Gasteiger partial charge in [0.05, 0.1) is 0 Å². The number of aliphatic carboxylic acids is 1. The van der Waals surface area contributed by atoms with Gasteiger partial charge in [-0.1, -0.05) is 0 Å². The summed E-state index contributed by atoms with van der Waals surface area (Å²) in [6, 6.07) is -1.20.